The summed E-state index contributed by atoms with van der Waals surface area (Å²) in [7, 11) is 0. The number of hydrogen-bond acceptors (Lipinski definition) is 2. The molecule has 2 amide bonds. The highest BCUT2D eigenvalue weighted by Gasteiger charge is 2.39. The lowest BCUT2D eigenvalue weighted by Crippen LogP contribution is -2.52. The number of hydrogen-bond donors (Lipinski definition) is 1. The van der Waals surface area contributed by atoms with Gasteiger partial charge in [0, 0.05) is 35.6 Å². The Hall–Kier alpha value is -2.75. The fourth-order valence-corrected chi connectivity index (χ4v) is 4.24. The molecule has 11 heteroatoms. The second-order valence-corrected chi connectivity index (χ2v) is 8.86. The van der Waals surface area contributed by atoms with Crippen LogP contribution in [0, 0.1) is 0 Å². The second-order valence-electron chi connectivity index (χ2n) is 8.42. The quantitative estimate of drug-likeness (QED) is 0.483. The molecule has 1 aliphatic heterocycles. The normalized spacial score (nSPS) is 18.9. The first kappa shape index (κ1) is 26.8. The molecule has 2 atom stereocenters. The summed E-state index contributed by atoms with van der Waals surface area (Å²) in [5.41, 5.74) is -3.01. The van der Waals surface area contributed by atoms with E-state index < -0.39 is 41.0 Å². The monoisotopic (exact) mass is 520 g/mol. The minimum atomic E-state index is -5.06. The summed E-state index contributed by atoms with van der Waals surface area (Å²) in [6.45, 7) is 1.74. The number of amides is 2. The highest BCUT2D eigenvalue weighted by molar-refractivity contribution is 6.30. The van der Waals surface area contributed by atoms with Gasteiger partial charge in [-0.25, -0.2) is 0 Å². The Bertz CT molecular complexity index is 1040. The van der Waals surface area contributed by atoms with E-state index in [0.717, 1.165) is 5.56 Å². The molecule has 0 spiro atoms. The maximum atomic E-state index is 13.3. The van der Waals surface area contributed by atoms with E-state index in [-0.39, 0.29) is 37.4 Å². The summed E-state index contributed by atoms with van der Waals surface area (Å²) in [6.07, 6.45) is -8.96. The van der Waals surface area contributed by atoms with Gasteiger partial charge in [0.1, 0.15) is 0 Å². The molecule has 1 saturated heterocycles. The summed E-state index contributed by atoms with van der Waals surface area (Å²) in [6, 6.07) is 6.78. The van der Waals surface area contributed by atoms with Crippen LogP contribution in [-0.4, -0.2) is 35.3 Å². The van der Waals surface area contributed by atoms with Crippen molar-refractivity contribution < 1.29 is 35.9 Å². The fourth-order valence-electron chi connectivity index (χ4n) is 4.11. The molecule has 0 aromatic heterocycles. The summed E-state index contributed by atoms with van der Waals surface area (Å²) in [5, 5.41) is 3.34. The number of carbonyl (C=O) groups excluding carboxylic acids is 2. The second kappa shape index (κ2) is 10.5. The van der Waals surface area contributed by atoms with Gasteiger partial charge in [-0.3, -0.25) is 9.59 Å². The lowest BCUT2D eigenvalue weighted by Gasteiger charge is -2.40. The van der Waals surface area contributed by atoms with Crippen molar-refractivity contribution in [2.24, 2.45) is 0 Å². The van der Waals surface area contributed by atoms with Crippen LogP contribution in [0.5, 0.6) is 0 Å². The molecular formula is C24H23ClF6N2O2. The van der Waals surface area contributed by atoms with Crippen LogP contribution in [0.4, 0.5) is 26.3 Å². The SMILES string of the molecule is CCC(=O)NC1CCN(C(=O)c2cc(C(F)(F)F)cc(C(F)(F)F)c2)C(Cc2ccc(Cl)cc2)C1. The number of rotatable bonds is 5. The molecule has 35 heavy (non-hydrogen) atoms. The third-order valence-corrected chi connectivity index (χ3v) is 6.13. The van der Waals surface area contributed by atoms with Crippen molar-refractivity contribution in [1.82, 2.24) is 10.2 Å². The number of likely N-dealkylation sites (tertiary alicyclic amines) is 1. The average Bonchev–Trinajstić information content (AvgIpc) is 2.79. The third kappa shape index (κ3) is 6.90. The molecular weight excluding hydrogens is 498 g/mol. The van der Waals surface area contributed by atoms with Crippen LogP contribution in [0.2, 0.25) is 5.02 Å². The smallest absolute Gasteiger partial charge is 0.353 e. The molecule has 2 aromatic rings. The Labute approximate surface area is 203 Å². The zero-order valence-corrected chi connectivity index (χ0v) is 19.4. The molecule has 1 N–H and O–H groups in total. The highest BCUT2D eigenvalue weighted by atomic mass is 35.5. The van der Waals surface area contributed by atoms with Crippen molar-refractivity contribution in [3.05, 3.63) is 69.7 Å². The van der Waals surface area contributed by atoms with E-state index in [2.05, 4.69) is 5.32 Å². The summed E-state index contributed by atoms with van der Waals surface area (Å²) >= 11 is 5.92. The summed E-state index contributed by atoms with van der Waals surface area (Å²) < 4.78 is 79.8. The minimum Gasteiger partial charge on any atom is -0.353 e. The van der Waals surface area contributed by atoms with Crippen molar-refractivity contribution in [2.75, 3.05) is 6.54 Å². The first-order valence-corrected chi connectivity index (χ1v) is 11.3. The summed E-state index contributed by atoms with van der Waals surface area (Å²) in [5.74, 6) is -1.12. The van der Waals surface area contributed by atoms with Gasteiger partial charge in [-0.1, -0.05) is 30.7 Å². The van der Waals surface area contributed by atoms with Gasteiger partial charge < -0.3 is 10.2 Å². The molecule has 2 aromatic carbocycles. The Morgan fingerprint density at radius 2 is 1.57 bits per heavy atom. The van der Waals surface area contributed by atoms with E-state index >= 15 is 0 Å². The van der Waals surface area contributed by atoms with Gasteiger partial charge in [0.15, 0.2) is 0 Å². The van der Waals surface area contributed by atoms with Gasteiger partial charge in [0.2, 0.25) is 5.91 Å². The molecule has 1 fully saturated rings. The molecule has 1 heterocycles. The van der Waals surface area contributed by atoms with Gasteiger partial charge in [-0.05, 0) is 55.2 Å². The molecule has 0 radical (unpaired) electrons. The highest BCUT2D eigenvalue weighted by Crippen LogP contribution is 2.37. The van der Waals surface area contributed by atoms with Crippen LogP contribution in [0.1, 0.15) is 53.2 Å². The molecule has 4 nitrogen and oxygen atoms in total. The van der Waals surface area contributed by atoms with Crippen LogP contribution in [0.3, 0.4) is 0 Å². The van der Waals surface area contributed by atoms with E-state index in [1.165, 1.54) is 4.90 Å². The van der Waals surface area contributed by atoms with E-state index in [9.17, 15) is 35.9 Å². The van der Waals surface area contributed by atoms with Crippen LogP contribution in [-0.2, 0) is 23.6 Å². The summed E-state index contributed by atoms with van der Waals surface area (Å²) in [4.78, 5) is 26.4. The lowest BCUT2D eigenvalue weighted by molar-refractivity contribution is -0.143. The fraction of sp³-hybridized carbons (Fsp3) is 0.417. The zero-order valence-electron chi connectivity index (χ0n) is 18.6. The number of nitrogens with one attached hydrogen (secondary N) is 1. The third-order valence-electron chi connectivity index (χ3n) is 5.88. The Balaban J connectivity index is 1.95. The maximum absolute atomic E-state index is 13.3. The van der Waals surface area contributed by atoms with Gasteiger partial charge in [0.25, 0.3) is 5.91 Å². The predicted molar refractivity (Wildman–Crippen MR) is 118 cm³/mol. The molecule has 0 saturated carbocycles. The van der Waals surface area contributed by atoms with E-state index in [4.69, 9.17) is 11.6 Å². The van der Waals surface area contributed by atoms with Gasteiger partial charge in [-0.2, -0.15) is 26.3 Å². The predicted octanol–water partition coefficient (Wildman–Crippen LogP) is 6.12. The molecule has 3 rings (SSSR count). The van der Waals surface area contributed by atoms with Gasteiger partial charge in [0.05, 0.1) is 11.1 Å². The van der Waals surface area contributed by atoms with E-state index in [1.54, 1.807) is 31.2 Å². The Morgan fingerprint density at radius 3 is 2.09 bits per heavy atom. The van der Waals surface area contributed by atoms with E-state index in [1.807, 2.05) is 0 Å². The number of halogens is 7. The maximum Gasteiger partial charge on any atom is 0.416 e. The first-order chi connectivity index (χ1) is 16.3. The Morgan fingerprint density at radius 1 is 1.00 bits per heavy atom. The molecule has 1 aliphatic rings. The van der Waals surface area contributed by atoms with Crippen molar-refractivity contribution in [2.45, 2.75) is 57.0 Å². The number of benzene rings is 2. The zero-order chi connectivity index (χ0) is 26.0. The number of alkyl halides is 6. The number of nitrogens with zero attached hydrogens (tertiary/aromatic N) is 1. The van der Waals surface area contributed by atoms with E-state index in [0.29, 0.717) is 30.0 Å². The van der Waals surface area contributed by atoms with Crippen LogP contribution in [0.25, 0.3) is 0 Å². The van der Waals surface area contributed by atoms with Gasteiger partial charge in [-0.15, -0.1) is 0 Å². The van der Waals surface area contributed by atoms with Crippen LogP contribution in [0.15, 0.2) is 42.5 Å². The average molecular weight is 521 g/mol. The van der Waals surface area contributed by atoms with Crippen molar-refractivity contribution in [3.63, 3.8) is 0 Å². The largest absolute Gasteiger partial charge is 0.416 e. The van der Waals surface area contributed by atoms with Crippen LogP contribution >= 0.6 is 11.6 Å². The van der Waals surface area contributed by atoms with Crippen molar-refractivity contribution in [1.29, 1.82) is 0 Å². The lowest BCUT2D eigenvalue weighted by atomic mass is 9.91. The topological polar surface area (TPSA) is 49.4 Å². The van der Waals surface area contributed by atoms with Crippen LogP contribution < -0.4 is 5.32 Å². The van der Waals surface area contributed by atoms with Crippen molar-refractivity contribution >= 4 is 23.4 Å². The number of carbonyl (C=O) groups is 2. The standard InChI is InChI=1S/C24H23ClF6N2O2/c1-2-21(34)32-19-7-8-33(20(13-19)9-14-3-5-18(25)6-4-14)22(35)15-10-16(23(26,27)28)12-17(11-15)24(29,30)31/h3-6,10-12,19-20H,2,7-9,13H2,1H3,(H,32,34). The Kier molecular flexibility index (Phi) is 8.03. The molecule has 2 unspecified atom stereocenters. The minimum absolute atomic E-state index is 0.00547. The van der Waals surface area contributed by atoms with Crippen molar-refractivity contribution in [3.8, 4) is 0 Å². The van der Waals surface area contributed by atoms with Gasteiger partial charge >= 0.3 is 12.4 Å². The first-order valence-electron chi connectivity index (χ1n) is 10.9. The molecule has 190 valence electrons. The number of piperidine rings is 1. The molecule has 0 bridgehead atoms. The molecule has 0 aliphatic carbocycles.